The fourth-order valence-corrected chi connectivity index (χ4v) is 4.13. The van der Waals surface area contributed by atoms with E-state index in [-0.39, 0.29) is 17.4 Å². The summed E-state index contributed by atoms with van der Waals surface area (Å²) in [6, 6.07) is 6.61. The number of benzene rings is 1. The molecule has 1 aromatic rings. The van der Waals surface area contributed by atoms with Crippen molar-refractivity contribution in [2.24, 2.45) is 0 Å². The van der Waals surface area contributed by atoms with Gasteiger partial charge in [0.15, 0.2) is 0 Å². The molecular formula is C16H23BrN2O4S. The van der Waals surface area contributed by atoms with Gasteiger partial charge in [-0.15, -0.1) is 0 Å². The normalized spacial score (nSPS) is 17.7. The summed E-state index contributed by atoms with van der Waals surface area (Å²) >= 11 is 3.30. The van der Waals surface area contributed by atoms with E-state index in [1.807, 2.05) is 25.7 Å². The molecule has 0 bridgehead atoms. The van der Waals surface area contributed by atoms with Gasteiger partial charge in [-0.1, -0.05) is 15.9 Å². The second-order valence-corrected chi connectivity index (χ2v) is 9.57. The molecule has 2 rings (SSSR count). The van der Waals surface area contributed by atoms with Crippen LogP contribution < -0.4 is 0 Å². The number of hydrogen-bond acceptors (Lipinski definition) is 5. The summed E-state index contributed by atoms with van der Waals surface area (Å²) in [6.45, 7) is 7.41. The molecule has 24 heavy (non-hydrogen) atoms. The number of esters is 1. The molecule has 1 saturated heterocycles. The lowest BCUT2D eigenvalue weighted by molar-refractivity contribution is -0.156. The van der Waals surface area contributed by atoms with Crippen molar-refractivity contribution in [2.45, 2.75) is 31.3 Å². The third-order valence-corrected chi connectivity index (χ3v) is 6.00. The van der Waals surface area contributed by atoms with Gasteiger partial charge in [0.2, 0.25) is 10.0 Å². The summed E-state index contributed by atoms with van der Waals surface area (Å²) in [5, 5.41) is 0. The largest absolute Gasteiger partial charge is 0.459 e. The van der Waals surface area contributed by atoms with Gasteiger partial charge < -0.3 is 4.74 Å². The number of hydrogen-bond donors (Lipinski definition) is 0. The van der Waals surface area contributed by atoms with Crippen molar-refractivity contribution in [3.8, 4) is 0 Å². The van der Waals surface area contributed by atoms with Crippen molar-refractivity contribution in [3.63, 3.8) is 0 Å². The molecule has 0 aromatic heterocycles. The van der Waals surface area contributed by atoms with E-state index in [2.05, 4.69) is 15.9 Å². The van der Waals surface area contributed by atoms with Crippen LogP contribution in [0.5, 0.6) is 0 Å². The van der Waals surface area contributed by atoms with Crippen molar-refractivity contribution in [1.82, 2.24) is 9.21 Å². The maximum atomic E-state index is 12.6. The predicted octanol–water partition coefficient (Wildman–Crippen LogP) is 2.10. The number of piperazine rings is 1. The van der Waals surface area contributed by atoms with Gasteiger partial charge in [0.05, 0.1) is 11.4 Å². The molecule has 0 unspecified atom stereocenters. The maximum absolute atomic E-state index is 12.6. The molecule has 134 valence electrons. The summed E-state index contributed by atoms with van der Waals surface area (Å²) < 4.78 is 32.8. The van der Waals surface area contributed by atoms with Crippen LogP contribution in [0.3, 0.4) is 0 Å². The number of rotatable bonds is 4. The van der Waals surface area contributed by atoms with Crippen LogP contribution in [0.4, 0.5) is 0 Å². The Morgan fingerprint density at radius 3 is 2.17 bits per heavy atom. The van der Waals surface area contributed by atoms with E-state index in [9.17, 15) is 13.2 Å². The highest BCUT2D eigenvalue weighted by Crippen LogP contribution is 2.20. The Hall–Kier alpha value is -0.960. The Balaban J connectivity index is 1.92. The molecule has 0 atom stereocenters. The lowest BCUT2D eigenvalue weighted by Crippen LogP contribution is -2.50. The number of carbonyl (C=O) groups excluding carboxylic acids is 1. The van der Waals surface area contributed by atoms with E-state index in [4.69, 9.17) is 4.74 Å². The monoisotopic (exact) mass is 418 g/mol. The third-order valence-electron chi connectivity index (χ3n) is 3.56. The van der Waals surface area contributed by atoms with Crippen molar-refractivity contribution in [1.29, 1.82) is 0 Å². The van der Waals surface area contributed by atoms with E-state index < -0.39 is 15.6 Å². The number of ether oxygens (including phenoxy) is 1. The molecular weight excluding hydrogens is 396 g/mol. The highest BCUT2D eigenvalue weighted by atomic mass is 79.9. The minimum atomic E-state index is -3.49. The lowest BCUT2D eigenvalue weighted by atomic mass is 10.2. The first-order valence-electron chi connectivity index (χ1n) is 7.78. The lowest BCUT2D eigenvalue weighted by Gasteiger charge is -2.33. The van der Waals surface area contributed by atoms with E-state index >= 15 is 0 Å². The molecule has 6 nitrogen and oxygen atoms in total. The van der Waals surface area contributed by atoms with Crippen molar-refractivity contribution in [2.75, 3.05) is 32.7 Å². The van der Waals surface area contributed by atoms with Gasteiger partial charge in [-0.25, -0.2) is 8.42 Å². The fourth-order valence-electron chi connectivity index (χ4n) is 2.44. The molecule has 1 aromatic carbocycles. The van der Waals surface area contributed by atoms with Gasteiger partial charge in [-0.3, -0.25) is 9.69 Å². The molecule has 1 aliphatic heterocycles. The second kappa shape index (κ2) is 7.51. The van der Waals surface area contributed by atoms with E-state index in [0.717, 1.165) is 4.47 Å². The summed E-state index contributed by atoms with van der Waals surface area (Å²) in [6.07, 6.45) is 0. The topological polar surface area (TPSA) is 66.9 Å². The van der Waals surface area contributed by atoms with Gasteiger partial charge in [0, 0.05) is 30.7 Å². The highest BCUT2D eigenvalue weighted by Gasteiger charge is 2.29. The average Bonchev–Trinajstić information content (AvgIpc) is 2.46. The summed E-state index contributed by atoms with van der Waals surface area (Å²) in [5.74, 6) is -0.285. The van der Waals surface area contributed by atoms with Gasteiger partial charge in [-0.2, -0.15) is 4.31 Å². The molecule has 1 heterocycles. The Morgan fingerprint density at radius 2 is 1.67 bits per heavy atom. The number of carbonyl (C=O) groups is 1. The van der Waals surface area contributed by atoms with Gasteiger partial charge in [0.25, 0.3) is 0 Å². The molecule has 0 aliphatic carbocycles. The average molecular weight is 419 g/mol. The molecule has 0 amide bonds. The van der Waals surface area contributed by atoms with Crippen molar-refractivity contribution in [3.05, 3.63) is 28.7 Å². The first kappa shape index (κ1) is 19.4. The van der Waals surface area contributed by atoms with Crippen LogP contribution in [0.25, 0.3) is 0 Å². The molecule has 0 saturated carbocycles. The van der Waals surface area contributed by atoms with E-state index in [0.29, 0.717) is 26.2 Å². The Morgan fingerprint density at radius 1 is 1.12 bits per heavy atom. The van der Waals surface area contributed by atoms with Crippen molar-refractivity contribution < 1.29 is 17.9 Å². The highest BCUT2D eigenvalue weighted by molar-refractivity contribution is 9.10. The first-order valence-corrected chi connectivity index (χ1v) is 10.0. The van der Waals surface area contributed by atoms with Crippen LogP contribution in [0.1, 0.15) is 20.8 Å². The van der Waals surface area contributed by atoms with E-state index in [1.165, 1.54) is 4.31 Å². The fraction of sp³-hybridized carbons (Fsp3) is 0.562. The number of sulfonamides is 1. The Kier molecular flexibility index (Phi) is 6.06. The van der Waals surface area contributed by atoms with Crippen LogP contribution in [-0.2, 0) is 19.6 Å². The third kappa shape index (κ3) is 5.27. The molecule has 8 heteroatoms. The van der Waals surface area contributed by atoms with E-state index in [1.54, 1.807) is 24.3 Å². The smallest absolute Gasteiger partial charge is 0.320 e. The Bertz CT molecular complexity index is 675. The zero-order chi connectivity index (χ0) is 18.0. The van der Waals surface area contributed by atoms with Gasteiger partial charge in [0.1, 0.15) is 5.60 Å². The zero-order valence-corrected chi connectivity index (χ0v) is 16.6. The van der Waals surface area contributed by atoms with Crippen LogP contribution in [0.15, 0.2) is 33.6 Å². The molecule has 1 fully saturated rings. The molecule has 0 spiro atoms. The van der Waals surface area contributed by atoms with Crippen LogP contribution in [0.2, 0.25) is 0 Å². The van der Waals surface area contributed by atoms with Crippen LogP contribution >= 0.6 is 15.9 Å². The van der Waals surface area contributed by atoms with Crippen LogP contribution in [0, 0.1) is 0 Å². The summed E-state index contributed by atoms with van der Waals surface area (Å²) in [7, 11) is -3.49. The second-order valence-electron chi connectivity index (χ2n) is 6.72. The number of halogens is 1. The SMILES string of the molecule is CC(C)(C)OC(=O)CN1CCN(S(=O)(=O)c2ccc(Br)cc2)CC1. The molecule has 0 radical (unpaired) electrons. The molecule has 0 N–H and O–H groups in total. The first-order chi connectivity index (χ1) is 11.1. The van der Waals surface area contributed by atoms with Gasteiger partial charge >= 0.3 is 5.97 Å². The minimum Gasteiger partial charge on any atom is -0.459 e. The minimum absolute atomic E-state index is 0.184. The van der Waals surface area contributed by atoms with Crippen LogP contribution in [-0.4, -0.2) is 61.9 Å². The molecule has 1 aliphatic rings. The summed E-state index contributed by atoms with van der Waals surface area (Å²) in [5.41, 5.74) is -0.510. The maximum Gasteiger partial charge on any atom is 0.320 e. The van der Waals surface area contributed by atoms with Gasteiger partial charge in [-0.05, 0) is 45.0 Å². The quantitative estimate of drug-likeness (QED) is 0.700. The van der Waals surface area contributed by atoms with Crippen molar-refractivity contribution >= 4 is 31.9 Å². The standard InChI is InChI=1S/C16H23BrN2O4S/c1-16(2,3)23-15(20)12-18-8-10-19(11-9-18)24(21,22)14-6-4-13(17)5-7-14/h4-7H,8-12H2,1-3H3. The Labute approximate surface area is 151 Å². The number of nitrogens with zero attached hydrogens (tertiary/aromatic N) is 2. The zero-order valence-electron chi connectivity index (χ0n) is 14.2. The summed E-state index contributed by atoms with van der Waals surface area (Å²) in [4.78, 5) is 14.1. The predicted molar refractivity (Wildman–Crippen MR) is 95.2 cm³/mol.